The van der Waals surface area contributed by atoms with Crippen LogP contribution < -0.4 is 5.32 Å². The molecule has 2 heterocycles. The highest BCUT2D eigenvalue weighted by Crippen LogP contribution is 2.25. The second-order valence-electron chi connectivity index (χ2n) is 4.74. The summed E-state index contributed by atoms with van der Waals surface area (Å²) in [7, 11) is 1.75. The van der Waals surface area contributed by atoms with E-state index in [9.17, 15) is 9.90 Å². The SMILES string of the molecule is Cn1cc(C(Nc2ccnc3ccccc23)C(=O)O)cn1. The molecule has 0 spiro atoms. The van der Waals surface area contributed by atoms with Crippen molar-refractivity contribution >= 4 is 22.6 Å². The van der Waals surface area contributed by atoms with E-state index in [0.29, 0.717) is 5.56 Å². The van der Waals surface area contributed by atoms with Crippen LogP contribution in [-0.4, -0.2) is 25.8 Å². The average molecular weight is 282 g/mol. The van der Waals surface area contributed by atoms with Gasteiger partial charge in [-0.2, -0.15) is 5.10 Å². The molecule has 3 rings (SSSR count). The zero-order valence-electron chi connectivity index (χ0n) is 11.4. The van der Waals surface area contributed by atoms with E-state index in [1.165, 1.54) is 0 Å². The lowest BCUT2D eigenvalue weighted by Crippen LogP contribution is -2.20. The molecule has 0 saturated heterocycles. The van der Waals surface area contributed by atoms with Gasteiger partial charge in [0.1, 0.15) is 0 Å². The number of aryl methyl sites for hydroxylation is 1. The molecule has 0 fully saturated rings. The van der Waals surface area contributed by atoms with E-state index >= 15 is 0 Å². The van der Waals surface area contributed by atoms with Gasteiger partial charge >= 0.3 is 5.97 Å². The van der Waals surface area contributed by atoms with Gasteiger partial charge in [-0.1, -0.05) is 18.2 Å². The number of pyridine rings is 1. The fourth-order valence-electron chi connectivity index (χ4n) is 2.25. The summed E-state index contributed by atoms with van der Waals surface area (Å²) >= 11 is 0. The predicted octanol–water partition coefficient (Wildman–Crippen LogP) is 2.21. The van der Waals surface area contributed by atoms with E-state index in [4.69, 9.17) is 0 Å². The summed E-state index contributed by atoms with van der Waals surface area (Å²) in [5.41, 5.74) is 2.15. The Kier molecular flexibility index (Phi) is 3.27. The number of fused-ring (bicyclic) bond motifs is 1. The van der Waals surface area contributed by atoms with Crippen molar-refractivity contribution in [2.75, 3.05) is 5.32 Å². The Bertz CT molecular complexity index is 792. The number of carbonyl (C=O) groups is 1. The molecule has 0 bridgehead atoms. The van der Waals surface area contributed by atoms with Crippen LogP contribution in [0.1, 0.15) is 11.6 Å². The molecular weight excluding hydrogens is 268 g/mol. The maximum Gasteiger partial charge on any atom is 0.330 e. The molecule has 0 aliphatic rings. The van der Waals surface area contributed by atoms with Crippen molar-refractivity contribution in [2.45, 2.75) is 6.04 Å². The summed E-state index contributed by atoms with van der Waals surface area (Å²) < 4.78 is 1.58. The quantitative estimate of drug-likeness (QED) is 0.767. The maximum atomic E-state index is 11.5. The summed E-state index contributed by atoms with van der Waals surface area (Å²) in [6.07, 6.45) is 4.90. The Morgan fingerprint density at radius 1 is 1.33 bits per heavy atom. The van der Waals surface area contributed by atoms with Gasteiger partial charge in [0.25, 0.3) is 0 Å². The van der Waals surface area contributed by atoms with Gasteiger partial charge in [0.15, 0.2) is 6.04 Å². The average Bonchev–Trinajstić information content (AvgIpc) is 2.90. The molecule has 1 aromatic carbocycles. The number of para-hydroxylation sites is 1. The number of rotatable bonds is 4. The van der Waals surface area contributed by atoms with Gasteiger partial charge in [-0.05, 0) is 12.1 Å². The lowest BCUT2D eigenvalue weighted by molar-refractivity contribution is -0.138. The third-order valence-corrected chi connectivity index (χ3v) is 3.25. The Morgan fingerprint density at radius 3 is 2.86 bits per heavy atom. The Balaban J connectivity index is 2.01. The highest BCUT2D eigenvalue weighted by molar-refractivity contribution is 5.92. The van der Waals surface area contributed by atoms with Crippen molar-refractivity contribution < 1.29 is 9.90 Å². The standard InChI is InChI=1S/C15H14N4O2/c1-19-9-10(8-17-19)14(15(20)21)18-13-6-7-16-12-5-3-2-4-11(12)13/h2-9,14H,1H3,(H,16,18)(H,20,21). The molecule has 6 nitrogen and oxygen atoms in total. The number of nitrogens with one attached hydrogen (secondary N) is 1. The second kappa shape index (κ2) is 5.24. The monoisotopic (exact) mass is 282 g/mol. The highest BCUT2D eigenvalue weighted by Gasteiger charge is 2.21. The third kappa shape index (κ3) is 2.55. The third-order valence-electron chi connectivity index (χ3n) is 3.25. The fourth-order valence-corrected chi connectivity index (χ4v) is 2.25. The number of anilines is 1. The first-order valence-electron chi connectivity index (χ1n) is 6.47. The fraction of sp³-hybridized carbons (Fsp3) is 0.133. The Morgan fingerprint density at radius 2 is 2.14 bits per heavy atom. The molecule has 106 valence electrons. The molecule has 3 aromatic rings. The van der Waals surface area contributed by atoms with Crippen molar-refractivity contribution in [2.24, 2.45) is 7.05 Å². The first kappa shape index (κ1) is 13.1. The zero-order chi connectivity index (χ0) is 14.8. The molecule has 1 atom stereocenters. The van der Waals surface area contributed by atoms with Crippen molar-refractivity contribution in [3.8, 4) is 0 Å². The van der Waals surface area contributed by atoms with E-state index in [2.05, 4.69) is 15.4 Å². The number of hydrogen-bond acceptors (Lipinski definition) is 4. The summed E-state index contributed by atoms with van der Waals surface area (Å²) in [6, 6.07) is 8.51. The number of carboxylic acid groups (broad SMARTS) is 1. The van der Waals surface area contributed by atoms with E-state index in [-0.39, 0.29) is 0 Å². The molecule has 2 aromatic heterocycles. The highest BCUT2D eigenvalue weighted by atomic mass is 16.4. The van der Waals surface area contributed by atoms with Crippen LogP contribution in [0.15, 0.2) is 48.9 Å². The van der Waals surface area contributed by atoms with Crippen molar-refractivity contribution in [3.05, 3.63) is 54.5 Å². The molecule has 2 N–H and O–H groups in total. The number of benzene rings is 1. The Hall–Kier alpha value is -2.89. The minimum absolute atomic E-state index is 0.603. The second-order valence-corrected chi connectivity index (χ2v) is 4.74. The van der Waals surface area contributed by atoms with Crippen LogP contribution >= 0.6 is 0 Å². The summed E-state index contributed by atoms with van der Waals surface area (Å²) in [6.45, 7) is 0. The molecule has 0 aliphatic carbocycles. The summed E-state index contributed by atoms with van der Waals surface area (Å²) in [5, 5.41) is 17.4. The molecule has 21 heavy (non-hydrogen) atoms. The summed E-state index contributed by atoms with van der Waals surface area (Å²) in [4.78, 5) is 15.8. The molecular formula is C15H14N4O2. The molecule has 0 aliphatic heterocycles. The molecule has 0 saturated carbocycles. The predicted molar refractivity (Wildman–Crippen MR) is 79.0 cm³/mol. The molecule has 0 amide bonds. The Labute approximate surface area is 121 Å². The zero-order valence-corrected chi connectivity index (χ0v) is 11.4. The van der Waals surface area contributed by atoms with Gasteiger partial charge in [0.2, 0.25) is 0 Å². The van der Waals surface area contributed by atoms with Crippen LogP contribution in [0.25, 0.3) is 10.9 Å². The number of carboxylic acids is 1. The van der Waals surface area contributed by atoms with E-state index < -0.39 is 12.0 Å². The minimum atomic E-state index is -0.955. The van der Waals surface area contributed by atoms with Crippen LogP contribution in [0.4, 0.5) is 5.69 Å². The number of nitrogens with zero attached hydrogens (tertiary/aromatic N) is 3. The lowest BCUT2D eigenvalue weighted by Gasteiger charge is -2.15. The first-order chi connectivity index (χ1) is 10.1. The van der Waals surface area contributed by atoms with Crippen LogP contribution in [0.5, 0.6) is 0 Å². The van der Waals surface area contributed by atoms with Crippen LogP contribution in [0.2, 0.25) is 0 Å². The van der Waals surface area contributed by atoms with Crippen molar-refractivity contribution in [1.29, 1.82) is 0 Å². The molecule has 1 unspecified atom stereocenters. The van der Waals surface area contributed by atoms with Gasteiger partial charge in [0.05, 0.1) is 11.7 Å². The summed E-state index contributed by atoms with van der Waals surface area (Å²) in [5.74, 6) is -0.955. The van der Waals surface area contributed by atoms with E-state index in [0.717, 1.165) is 16.6 Å². The van der Waals surface area contributed by atoms with Gasteiger partial charge in [0, 0.05) is 36.1 Å². The molecule has 0 radical (unpaired) electrons. The van der Waals surface area contributed by atoms with E-state index in [1.807, 2.05) is 24.3 Å². The maximum absolute atomic E-state index is 11.5. The van der Waals surface area contributed by atoms with Gasteiger partial charge < -0.3 is 10.4 Å². The van der Waals surface area contributed by atoms with Crippen LogP contribution in [-0.2, 0) is 11.8 Å². The van der Waals surface area contributed by atoms with Crippen molar-refractivity contribution in [1.82, 2.24) is 14.8 Å². The van der Waals surface area contributed by atoms with Gasteiger partial charge in [-0.3, -0.25) is 9.67 Å². The van der Waals surface area contributed by atoms with Crippen LogP contribution in [0.3, 0.4) is 0 Å². The van der Waals surface area contributed by atoms with Gasteiger partial charge in [-0.25, -0.2) is 4.79 Å². The smallest absolute Gasteiger partial charge is 0.330 e. The number of aliphatic carboxylic acids is 1. The number of hydrogen-bond donors (Lipinski definition) is 2. The lowest BCUT2D eigenvalue weighted by atomic mass is 10.1. The number of aromatic nitrogens is 3. The largest absolute Gasteiger partial charge is 0.479 e. The minimum Gasteiger partial charge on any atom is -0.479 e. The first-order valence-corrected chi connectivity index (χ1v) is 6.47. The topological polar surface area (TPSA) is 80.0 Å². The normalized spacial score (nSPS) is 12.2. The van der Waals surface area contributed by atoms with Gasteiger partial charge in [-0.15, -0.1) is 0 Å². The van der Waals surface area contributed by atoms with E-state index in [1.54, 1.807) is 36.4 Å². The van der Waals surface area contributed by atoms with Crippen LogP contribution in [0, 0.1) is 0 Å². The van der Waals surface area contributed by atoms with Crippen molar-refractivity contribution in [3.63, 3.8) is 0 Å². The molecule has 6 heteroatoms.